The molecule has 1 unspecified atom stereocenters. The van der Waals surface area contributed by atoms with Crippen LogP contribution in [0.2, 0.25) is 5.02 Å². The second kappa shape index (κ2) is 7.88. The second-order valence-electron chi connectivity index (χ2n) is 5.06. The Hall–Kier alpha value is -1.75. The van der Waals surface area contributed by atoms with E-state index in [-0.39, 0.29) is 12.0 Å². The van der Waals surface area contributed by atoms with Crippen molar-refractivity contribution in [2.24, 2.45) is 5.92 Å². The molecule has 2 amide bonds. The summed E-state index contributed by atoms with van der Waals surface area (Å²) in [5.41, 5.74) is 0.782. The van der Waals surface area contributed by atoms with Gasteiger partial charge in [0, 0.05) is 5.02 Å². The van der Waals surface area contributed by atoms with E-state index in [0.29, 0.717) is 11.4 Å². The summed E-state index contributed by atoms with van der Waals surface area (Å²) in [5.74, 6) is -1.19. The first kappa shape index (κ1) is 17.3. The smallest absolute Gasteiger partial charge is 0.326 e. The third-order valence-electron chi connectivity index (χ3n) is 3.48. The van der Waals surface area contributed by atoms with Crippen LogP contribution in [0, 0.1) is 5.92 Å². The van der Waals surface area contributed by atoms with Gasteiger partial charge in [-0.3, -0.25) is 0 Å². The van der Waals surface area contributed by atoms with Crippen molar-refractivity contribution in [3.8, 4) is 0 Å². The minimum absolute atomic E-state index is 0.149. The van der Waals surface area contributed by atoms with Gasteiger partial charge in [0.15, 0.2) is 0 Å². The minimum Gasteiger partial charge on any atom is -0.480 e. The van der Waals surface area contributed by atoms with E-state index in [9.17, 15) is 9.59 Å². The highest BCUT2D eigenvalue weighted by molar-refractivity contribution is 6.31. The van der Waals surface area contributed by atoms with Crippen molar-refractivity contribution in [3.05, 3.63) is 34.9 Å². The molecule has 0 spiro atoms. The number of amides is 2. The number of urea groups is 1. The lowest BCUT2D eigenvalue weighted by molar-refractivity contribution is -0.140. The lowest BCUT2D eigenvalue weighted by Crippen LogP contribution is -2.49. The predicted molar refractivity (Wildman–Crippen MR) is 82.4 cm³/mol. The van der Waals surface area contributed by atoms with Gasteiger partial charge in [-0.2, -0.15) is 0 Å². The van der Waals surface area contributed by atoms with Gasteiger partial charge >= 0.3 is 12.0 Å². The van der Waals surface area contributed by atoms with Gasteiger partial charge < -0.3 is 15.7 Å². The van der Waals surface area contributed by atoms with Crippen LogP contribution in [0.4, 0.5) is 4.79 Å². The Morgan fingerprint density at radius 2 is 1.86 bits per heavy atom. The highest BCUT2D eigenvalue weighted by Crippen LogP contribution is 2.22. The van der Waals surface area contributed by atoms with E-state index in [2.05, 4.69) is 10.6 Å². The second-order valence-corrected chi connectivity index (χ2v) is 5.47. The minimum atomic E-state index is -1.04. The van der Waals surface area contributed by atoms with Crippen molar-refractivity contribution in [1.82, 2.24) is 10.6 Å². The topological polar surface area (TPSA) is 78.4 Å². The Morgan fingerprint density at radius 1 is 1.24 bits per heavy atom. The summed E-state index contributed by atoms with van der Waals surface area (Å²) < 4.78 is 0. The molecule has 21 heavy (non-hydrogen) atoms. The van der Waals surface area contributed by atoms with Crippen LogP contribution < -0.4 is 10.6 Å². The van der Waals surface area contributed by atoms with Gasteiger partial charge in [-0.25, -0.2) is 9.59 Å². The van der Waals surface area contributed by atoms with Crippen LogP contribution in [0.25, 0.3) is 0 Å². The van der Waals surface area contributed by atoms with Crippen LogP contribution in [-0.4, -0.2) is 23.1 Å². The largest absolute Gasteiger partial charge is 0.480 e. The first-order valence-corrected chi connectivity index (χ1v) is 7.28. The SMILES string of the molecule is CC[C@H](C)[C@H](NC(=O)NC(C)c1ccccc1Cl)C(=O)O. The van der Waals surface area contributed by atoms with E-state index in [0.717, 1.165) is 5.56 Å². The lowest BCUT2D eigenvalue weighted by atomic mass is 9.99. The van der Waals surface area contributed by atoms with E-state index >= 15 is 0 Å². The third kappa shape index (κ3) is 4.93. The third-order valence-corrected chi connectivity index (χ3v) is 3.83. The zero-order valence-electron chi connectivity index (χ0n) is 12.4. The highest BCUT2D eigenvalue weighted by atomic mass is 35.5. The molecule has 0 aliphatic heterocycles. The van der Waals surface area contributed by atoms with Gasteiger partial charge in [-0.05, 0) is 24.5 Å². The molecule has 0 saturated heterocycles. The summed E-state index contributed by atoms with van der Waals surface area (Å²) in [6, 6.07) is 5.45. The Morgan fingerprint density at radius 3 is 2.38 bits per heavy atom. The molecule has 0 fully saturated rings. The maximum Gasteiger partial charge on any atom is 0.326 e. The monoisotopic (exact) mass is 312 g/mol. The van der Waals surface area contributed by atoms with Crippen LogP contribution >= 0.6 is 11.6 Å². The van der Waals surface area contributed by atoms with Gasteiger partial charge in [-0.1, -0.05) is 50.1 Å². The molecule has 5 nitrogen and oxygen atoms in total. The maximum absolute atomic E-state index is 11.9. The number of carboxylic acids is 1. The standard InChI is InChI=1S/C15H21ClN2O3/c1-4-9(2)13(14(19)20)18-15(21)17-10(3)11-7-5-6-8-12(11)16/h5-10,13H,4H2,1-3H3,(H,19,20)(H2,17,18,21)/t9-,10?,13-/m0/s1. The first-order chi connectivity index (χ1) is 9.86. The molecular formula is C15H21ClN2O3. The van der Waals surface area contributed by atoms with E-state index in [1.807, 2.05) is 25.1 Å². The Balaban J connectivity index is 2.68. The Bertz CT molecular complexity index is 507. The fourth-order valence-electron chi connectivity index (χ4n) is 1.97. The molecular weight excluding hydrogens is 292 g/mol. The van der Waals surface area contributed by atoms with Crippen molar-refractivity contribution in [2.45, 2.75) is 39.3 Å². The number of benzene rings is 1. The average Bonchev–Trinajstić information content (AvgIpc) is 2.44. The molecule has 1 rings (SSSR count). The van der Waals surface area contributed by atoms with Crippen LogP contribution in [0.15, 0.2) is 24.3 Å². The number of nitrogens with one attached hydrogen (secondary N) is 2. The zero-order valence-corrected chi connectivity index (χ0v) is 13.1. The molecule has 1 aromatic rings. The fraction of sp³-hybridized carbons (Fsp3) is 0.467. The predicted octanol–water partition coefficient (Wildman–Crippen LogP) is 3.20. The number of hydrogen-bond acceptors (Lipinski definition) is 2. The molecule has 6 heteroatoms. The van der Waals surface area contributed by atoms with Gasteiger partial charge in [0.05, 0.1) is 6.04 Å². The number of hydrogen-bond donors (Lipinski definition) is 3. The van der Waals surface area contributed by atoms with Crippen molar-refractivity contribution in [1.29, 1.82) is 0 Å². The molecule has 0 heterocycles. The number of halogens is 1. The normalized spacial score (nSPS) is 14.9. The zero-order chi connectivity index (χ0) is 16.0. The van der Waals surface area contributed by atoms with Gasteiger partial charge in [-0.15, -0.1) is 0 Å². The quantitative estimate of drug-likeness (QED) is 0.754. The van der Waals surface area contributed by atoms with Gasteiger partial charge in [0.1, 0.15) is 6.04 Å². The summed E-state index contributed by atoms with van der Waals surface area (Å²) in [5, 5.41) is 14.9. The van der Waals surface area contributed by atoms with Gasteiger partial charge in [0.2, 0.25) is 0 Å². The maximum atomic E-state index is 11.9. The van der Waals surface area contributed by atoms with Crippen LogP contribution in [0.5, 0.6) is 0 Å². The molecule has 0 aliphatic rings. The Labute approximate surface area is 129 Å². The first-order valence-electron chi connectivity index (χ1n) is 6.91. The molecule has 0 aromatic heterocycles. The molecule has 1 aromatic carbocycles. The van der Waals surface area contributed by atoms with Crippen LogP contribution in [0.1, 0.15) is 38.8 Å². The van der Waals surface area contributed by atoms with Crippen molar-refractivity contribution in [2.75, 3.05) is 0 Å². The van der Waals surface area contributed by atoms with E-state index in [1.54, 1.807) is 19.9 Å². The lowest BCUT2D eigenvalue weighted by Gasteiger charge is -2.22. The molecule has 0 radical (unpaired) electrons. The van der Waals surface area contributed by atoms with Crippen LogP contribution in [0.3, 0.4) is 0 Å². The van der Waals surface area contributed by atoms with E-state index in [1.165, 1.54) is 0 Å². The number of carbonyl (C=O) groups excluding carboxylic acids is 1. The molecule has 116 valence electrons. The van der Waals surface area contributed by atoms with E-state index < -0.39 is 18.0 Å². The Kier molecular flexibility index (Phi) is 6.49. The molecule has 3 atom stereocenters. The molecule has 0 saturated carbocycles. The summed E-state index contributed by atoms with van der Waals surface area (Å²) in [7, 11) is 0. The van der Waals surface area contributed by atoms with Crippen molar-refractivity contribution < 1.29 is 14.7 Å². The molecule has 0 bridgehead atoms. The summed E-state index contributed by atoms with van der Waals surface area (Å²) in [4.78, 5) is 23.1. The van der Waals surface area contributed by atoms with E-state index in [4.69, 9.17) is 16.7 Å². The van der Waals surface area contributed by atoms with Crippen molar-refractivity contribution in [3.63, 3.8) is 0 Å². The molecule has 3 N–H and O–H groups in total. The average molecular weight is 313 g/mol. The fourth-order valence-corrected chi connectivity index (χ4v) is 2.27. The summed E-state index contributed by atoms with van der Waals surface area (Å²) >= 11 is 6.07. The summed E-state index contributed by atoms with van der Waals surface area (Å²) in [6.45, 7) is 5.46. The number of aliphatic carboxylic acids is 1. The number of carboxylic acid groups (broad SMARTS) is 1. The van der Waals surface area contributed by atoms with Crippen molar-refractivity contribution >= 4 is 23.6 Å². The number of carbonyl (C=O) groups is 2. The van der Waals surface area contributed by atoms with Gasteiger partial charge in [0.25, 0.3) is 0 Å². The van der Waals surface area contributed by atoms with Crippen LogP contribution in [-0.2, 0) is 4.79 Å². The number of rotatable bonds is 6. The highest BCUT2D eigenvalue weighted by Gasteiger charge is 2.25. The summed E-state index contributed by atoms with van der Waals surface area (Å²) in [6.07, 6.45) is 0.664. The molecule has 0 aliphatic carbocycles.